The van der Waals surface area contributed by atoms with Gasteiger partial charge in [-0.1, -0.05) is 61.2 Å². The van der Waals surface area contributed by atoms with Crippen LogP contribution >= 0.6 is 11.8 Å². The van der Waals surface area contributed by atoms with Crippen LogP contribution in [0.4, 0.5) is 5.69 Å². The number of carboxylic acids is 1. The van der Waals surface area contributed by atoms with E-state index >= 15 is 0 Å². The predicted molar refractivity (Wildman–Crippen MR) is 104 cm³/mol. The van der Waals surface area contributed by atoms with Crippen molar-refractivity contribution in [1.29, 1.82) is 0 Å². The zero-order valence-electron chi connectivity index (χ0n) is 15.1. The molecule has 0 radical (unpaired) electrons. The van der Waals surface area contributed by atoms with Gasteiger partial charge >= 0.3 is 0 Å². The van der Waals surface area contributed by atoms with Crippen LogP contribution in [-0.2, 0) is 0 Å². The van der Waals surface area contributed by atoms with Gasteiger partial charge in [-0.3, -0.25) is 0 Å². The Morgan fingerprint density at radius 1 is 1.18 bits per heavy atom. The highest BCUT2D eigenvalue weighted by molar-refractivity contribution is 7.99. The molecule has 28 heavy (non-hydrogen) atoms. The van der Waals surface area contributed by atoms with Gasteiger partial charge in [0.1, 0.15) is 0 Å². The van der Waals surface area contributed by atoms with Gasteiger partial charge < -0.3 is 20.0 Å². The first kappa shape index (κ1) is 18.2. The Kier molecular flexibility index (Phi) is 5.12. The summed E-state index contributed by atoms with van der Waals surface area (Å²) in [6, 6.07) is 14.1. The van der Waals surface area contributed by atoms with Gasteiger partial charge in [0.2, 0.25) is 11.0 Å². The number of carbonyl (C=O) groups excluding carboxylic acids is 1. The summed E-state index contributed by atoms with van der Waals surface area (Å²) in [5.74, 6) is 0.0650. The fourth-order valence-corrected chi connectivity index (χ4v) is 3.48. The third kappa shape index (κ3) is 3.63. The van der Waals surface area contributed by atoms with Gasteiger partial charge in [0, 0.05) is 22.6 Å². The summed E-state index contributed by atoms with van der Waals surface area (Å²) >= 11 is 1.53. The van der Waals surface area contributed by atoms with Gasteiger partial charge in [-0.05, 0) is 18.1 Å². The fraction of sp³-hybridized carbons (Fsp3) is 0.200. The van der Waals surface area contributed by atoms with E-state index in [1.165, 1.54) is 23.9 Å². The molecule has 0 spiro atoms. The van der Waals surface area contributed by atoms with E-state index in [0.717, 1.165) is 29.0 Å². The van der Waals surface area contributed by atoms with Gasteiger partial charge in [0.25, 0.3) is 0 Å². The minimum atomic E-state index is -1.22. The van der Waals surface area contributed by atoms with Crippen LogP contribution in [0, 0.1) is 0 Å². The molecule has 1 atom stereocenters. The molecule has 4 rings (SSSR count). The number of carboxylic acid groups (broad SMARTS) is 1. The number of hydrogen-bond donors (Lipinski definition) is 1. The van der Waals surface area contributed by atoms with Crippen molar-refractivity contribution in [3.8, 4) is 17.1 Å². The lowest BCUT2D eigenvalue weighted by atomic mass is 10.1. The number of benzene rings is 2. The van der Waals surface area contributed by atoms with E-state index in [9.17, 15) is 9.90 Å². The highest BCUT2D eigenvalue weighted by Gasteiger charge is 2.25. The van der Waals surface area contributed by atoms with Gasteiger partial charge in [-0.15, -0.1) is 10.2 Å². The van der Waals surface area contributed by atoms with Crippen LogP contribution in [0.25, 0.3) is 11.3 Å². The number of ether oxygens (including phenoxy) is 1. The number of hydrogen-bond acceptors (Lipinski definition) is 8. The van der Waals surface area contributed by atoms with Crippen LogP contribution in [-0.4, -0.2) is 26.9 Å². The summed E-state index contributed by atoms with van der Waals surface area (Å²) in [4.78, 5) is 15.6. The van der Waals surface area contributed by atoms with Crippen molar-refractivity contribution in [2.45, 2.75) is 24.7 Å². The minimum absolute atomic E-state index is 0.111. The van der Waals surface area contributed by atoms with Gasteiger partial charge in [0.15, 0.2) is 11.9 Å². The molecule has 2 heterocycles. The van der Waals surface area contributed by atoms with Crippen LogP contribution in [0.2, 0.25) is 0 Å². The van der Waals surface area contributed by atoms with Crippen molar-refractivity contribution in [3.05, 3.63) is 59.7 Å². The molecule has 3 aromatic rings. The number of fused-ring (bicyclic) bond motifs is 3. The second-order valence-corrected chi connectivity index (χ2v) is 7.26. The zero-order chi connectivity index (χ0) is 19.5. The second kappa shape index (κ2) is 7.85. The Labute approximate surface area is 166 Å². The summed E-state index contributed by atoms with van der Waals surface area (Å²) in [6.07, 6.45) is 0.447. The molecule has 0 saturated heterocycles. The summed E-state index contributed by atoms with van der Waals surface area (Å²) in [5.41, 5.74) is 3.12. The molecule has 0 saturated carbocycles. The van der Waals surface area contributed by atoms with Gasteiger partial charge in [-0.25, -0.2) is 0 Å². The van der Waals surface area contributed by atoms with E-state index < -0.39 is 12.2 Å². The number of anilines is 1. The molecule has 8 heteroatoms. The lowest BCUT2D eigenvalue weighted by Crippen LogP contribution is -2.22. The first-order valence-corrected chi connectivity index (χ1v) is 9.85. The molecule has 1 aliphatic heterocycles. The maximum absolute atomic E-state index is 11.0. The van der Waals surface area contributed by atoms with Crippen LogP contribution in [0.3, 0.4) is 0 Å². The van der Waals surface area contributed by atoms with Crippen molar-refractivity contribution >= 4 is 23.4 Å². The zero-order valence-corrected chi connectivity index (χ0v) is 15.9. The van der Waals surface area contributed by atoms with E-state index in [1.54, 1.807) is 12.1 Å². The molecule has 0 aliphatic carbocycles. The van der Waals surface area contributed by atoms with E-state index in [-0.39, 0.29) is 5.56 Å². The predicted octanol–water partition coefficient (Wildman–Crippen LogP) is 2.91. The standard InChI is InChI=1S/C20H18N4O3S/c1-2-11-28-20-22-18-16(23-24-20)14-5-3-4-6-15(14)21-17(27-18)12-7-9-13(10-8-12)19(25)26/h3-10,17,21H,2,11H2,1H3,(H,25,26)/p-1/t17-/m1/s1. The molecule has 1 aliphatic rings. The van der Waals surface area contributed by atoms with Crippen molar-refractivity contribution < 1.29 is 14.6 Å². The van der Waals surface area contributed by atoms with Crippen LogP contribution in [0.15, 0.2) is 53.7 Å². The van der Waals surface area contributed by atoms with E-state index in [4.69, 9.17) is 4.74 Å². The van der Waals surface area contributed by atoms with E-state index in [0.29, 0.717) is 16.7 Å². The molecule has 0 bridgehead atoms. The monoisotopic (exact) mass is 393 g/mol. The second-order valence-electron chi connectivity index (χ2n) is 6.19. The SMILES string of the molecule is CCCSc1nnc2c(n1)O[C@H](c1ccc(C(=O)[O-])cc1)Nc1ccccc1-2. The normalized spacial score (nSPS) is 14.8. The lowest BCUT2D eigenvalue weighted by Gasteiger charge is -2.19. The van der Waals surface area contributed by atoms with E-state index in [1.807, 2.05) is 24.3 Å². The number of thioether (sulfide) groups is 1. The number of aromatic carboxylic acids is 1. The van der Waals surface area contributed by atoms with Crippen molar-refractivity contribution in [2.24, 2.45) is 0 Å². The number of nitrogens with zero attached hydrogens (tertiary/aromatic N) is 3. The largest absolute Gasteiger partial charge is 0.545 e. The minimum Gasteiger partial charge on any atom is -0.545 e. The van der Waals surface area contributed by atoms with Gasteiger partial charge in [0.05, 0.1) is 5.97 Å². The molecule has 1 aromatic heterocycles. The summed E-state index contributed by atoms with van der Waals surface area (Å²) in [6.45, 7) is 2.09. The molecule has 0 unspecified atom stereocenters. The number of nitrogens with one attached hydrogen (secondary N) is 1. The Bertz CT molecular complexity index is 1010. The number of rotatable bonds is 5. The van der Waals surface area contributed by atoms with Crippen molar-refractivity contribution in [3.63, 3.8) is 0 Å². The summed E-state index contributed by atoms with van der Waals surface area (Å²) < 4.78 is 6.15. The molecular weight excluding hydrogens is 376 g/mol. The molecule has 1 N–H and O–H groups in total. The third-order valence-electron chi connectivity index (χ3n) is 4.22. The lowest BCUT2D eigenvalue weighted by molar-refractivity contribution is -0.255. The Morgan fingerprint density at radius 2 is 1.96 bits per heavy atom. The average molecular weight is 393 g/mol. The fourth-order valence-electron chi connectivity index (χ4n) is 2.85. The van der Waals surface area contributed by atoms with Crippen LogP contribution < -0.4 is 15.2 Å². The molecule has 2 aromatic carbocycles. The topological polar surface area (TPSA) is 100 Å². The maximum atomic E-state index is 11.0. The first-order valence-electron chi connectivity index (χ1n) is 8.87. The average Bonchev–Trinajstić information content (AvgIpc) is 2.88. The number of aromatic nitrogens is 3. The van der Waals surface area contributed by atoms with Crippen molar-refractivity contribution in [2.75, 3.05) is 11.1 Å². The first-order chi connectivity index (χ1) is 13.7. The van der Waals surface area contributed by atoms with E-state index in [2.05, 4.69) is 27.4 Å². The highest BCUT2D eigenvalue weighted by atomic mass is 32.2. The highest BCUT2D eigenvalue weighted by Crippen LogP contribution is 2.39. The molecule has 7 nitrogen and oxygen atoms in total. The molecule has 0 amide bonds. The maximum Gasteiger partial charge on any atom is 0.247 e. The molecule has 0 fully saturated rings. The summed E-state index contributed by atoms with van der Waals surface area (Å²) in [5, 5.41) is 23.5. The van der Waals surface area contributed by atoms with Crippen LogP contribution in [0.1, 0.15) is 35.5 Å². The Morgan fingerprint density at radius 3 is 2.71 bits per heavy atom. The quantitative estimate of drug-likeness (QED) is 0.661. The number of para-hydroxylation sites is 1. The Balaban J connectivity index is 1.75. The third-order valence-corrected chi connectivity index (χ3v) is 5.26. The smallest absolute Gasteiger partial charge is 0.247 e. The summed E-state index contributed by atoms with van der Waals surface area (Å²) in [7, 11) is 0. The number of carbonyl (C=O) groups is 1. The van der Waals surface area contributed by atoms with Crippen molar-refractivity contribution in [1.82, 2.24) is 15.2 Å². The van der Waals surface area contributed by atoms with Crippen LogP contribution in [0.5, 0.6) is 5.88 Å². The Hall–Kier alpha value is -3.13. The molecular formula is C20H17N4O3S-. The van der Waals surface area contributed by atoms with Gasteiger partial charge in [-0.2, -0.15) is 4.98 Å². The molecule has 142 valence electrons.